The maximum absolute atomic E-state index is 3.40. The summed E-state index contributed by atoms with van der Waals surface area (Å²) in [5.41, 5.74) is 4.38. The average Bonchev–Trinajstić information content (AvgIpc) is 2.74. The van der Waals surface area contributed by atoms with Crippen molar-refractivity contribution >= 4 is 0 Å². The van der Waals surface area contributed by atoms with Gasteiger partial charge in [0.15, 0.2) is 0 Å². The minimum atomic E-state index is 0.626. The van der Waals surface area contributed by atoms with Gasteiger partial charge in [-0.05, 0) is 36.6 Å². The lowest BCUT2D eigenvalue weighted by Crippen LogP contribution is -2.32. The molecule has 0 aliphatic carbocycles. The summed E-state index contributed by atoms with van der Waals surface area (Å²) in [4.78, 5) is 2.44. The second kappa shape index (κ2) is 5.19. The third-order valence-corrected chi connectivity index (χ3v) is 3.99. The van der Waals surface area contributed by atoms with Crippen molar-refractivity contribution in [3.05, 3.63) is 34.9 Å². The van der Waals surface area contributed by atoms with E-state index in [0.717, 1.165) is 19.6 Å². The molecule has 1 aliphatic heterocycles. The fourth-order valence-electron chi connectivity index (χ4n) is 2.39. The predicted molar refractivity (Wildman–Crippen MR) is 72.8 cm³/mol. The summed E-state index contributed by atoms with van der Waals surface area (Å²) in [6, 6.07) is 7.54. The highest BCUT2D eigenvalue weighted by atomic mass is 15.1. The van der Waals surface area contributed by atoms with Crippen molar-refractivity contribution in [2.45, 2.75) is 46.4 Å². The third-order valence-electron chi connectivity index (χ3n) is 3.99. The molecule has 0 fully saturated rings. The smallest absolute Gasteiger partial charge is 0.0233 e. The lowest BCUT2D eigenvalue weighted by atomic mass is 10.0. The van der Waals surface area contributed by atoms with Gasteiger partial charge in [0.1, 0.15) is 0 Å². The van der Waals surface area contributed by atoms with Crippen LogP contribution >= 0.6 is 0 Å². The lowest BCUT2D eigenvalue weighted by Gasteiger charge is -2.28. The Balaban J connectivity index is 2.04. The summed E-state index contributed by atoms with van der Waals surface area (Å²) in [6.07, 6.45) is 0. The average molecular weight is 232 g/mol. The van der Waals surface area contributed by atoms with Gasteiger partial charge >= 0.3 is 0 Å². The van der Waals surface area contributed by atoms with E-state index in [9.17, 15) is 0 Å². The first-order valence-corrected chi connectivity index (χ1v) is 6.59. The van der Waals surface area contributed by atoms with Crippen LogP contribution in [0.4, 0.5) is 0 Å². The SMILES string of the molecule is CC(C)C(C)N(C)Cc1ccc2c(c1)CNC2. The van der Waals surface area contributed by atoms with E-state index >= 15 is 0 Å². The van der Waals surface area contributed by atoms with E-state index in [1.807, 2.05) is 0 Å². The Hall–Kier alpha value is -0.860. The molecule has 2 nitrogen and oxygen atoms in total. The number of rotatable bonds is 4. The molecule has 94 valence electrons. The van der Waals surface area contributed by atoms with Crippen LogP contribution in [0, 0.1) is 5.92 Å². The normalized spacial score (nSPS) is 16.6. The number of hydrogen-bond acceptors (Lipinski definition) is 2. The van der Waals surface area contributed by atoms with Crippen LogP contribution in [0.1, 0.15) is 37.5 Å². The molecule has 2 heteroatoms. The van der Waals surface area contributed by atoms with Gasteiger partial charge in [-0.25, -0.2) is 0 Å². The van der Waals surface area contributed by atoms with E-state index in [2.05, 4.69) is 56.2 Å². The fourth-order valence-corrected chi connectivity index (χ4v) is 2.39. The van der Waals surface area contributed by atoms with Gasteiger partial charge in [-0.15, -0.1) is 0 Å². The molecule has 0 radical (unpaired) electrons. The van der Waals surface area contributed by atoms with Gasteiger partial charge in [0, 0.05) is 25.7 Å². The molecule has 0 amide bonds. The van der Waals surface area contributed by atoms with Gasteiger partial charge in [-0.1, -0.05) is 32.0 Å². The molecule has 0 saturated heterocycles. The highest BCUT2D eigenvalue weighted by molar-refractivity contribution is 5.34. The van der Waals surface area contributed by atoms with Crippen molar-refractivity contribution in [1.82, 2.24) is 10.2 Å². The van der Waals surface area contributed by atoms with Crippen LogP contribution in [0.5, 0.6) is 0 Å². The van der Waals surface area contributed by atoms with E-state index in [4.69, 9.17) is 0 Å². The first-order valence-electron chi connectivity index (χ1n) is 6.59. The van der Waals surface area contributed by atoms with Crippen LogP contribution in [-0.2, 0) is 19.6 Å². The summed E-state index contributed by atoms with van der Waals surface area (Å²) < 4.78 is 0. The first-order chi connectivity index (χ1) is 8.08. The minimum Gasteiger partial charge on any atom is -0.309 e. The number of nitrogens with zero attached hydrogens (tertiary/aromatic N) is 1. The molecule has 0 aromatic heterocycles. The van der Waals surface area contributed by atoms with Crippen molar-refractivity contribution in [3.63, 3.8) is 0 Å². The maximum Gasteiger partial charge on any atom is 0.0233 e. The topological polar surface area (TPSA) is 15.3 Å². The van der Waals surface area contributed by atoms with Gasteiger partial charge in [-0.2, -0.15) is 0 Å². The van der Waals surface area contributed by atoms with Crippen molar-refractivity contribution in [2.75, 3.05) is 7.05 Å². The summed E-state index contributed by atoms with van der Waals surface area (Å²) >= 11 is 0. The molecule has 1 N–H and O–H groups in total. The van der Waals surface area contributed by atoms with Crippen molar-refractivity contribution in [1.29, 1.82) is 0 Å². The summed E-state index contributed by atoms with van der Waals surface area (Å²) in [6.45, 7) is 9.99. The lowest BCUT2D eigenvalue weighted by molar-refractivity contribution is 0.200. The number of nitrogens with one attached hydrogen (secondary N) is 1. The van der Waals surface area contributed by atoms with Gasteiger partial charge in [0.05, 0.1) is 0 Å². The number of benzene rings is 1. The monoisotopic (exact) mass is 232 g/mol. The Bertz CT molecular complexity index is 385. The van der Waals surface area contributed by atoms with E-state index in [-0.39, 0.29) is 0 Å². The zero-order chi connectivity index (χ0) is 12.4. The fraction of sp³-hybridized carbons (Fsp3) is 0.600. The van der Waals surface area contributed by atoms with Gasteiger partial charge in [0.25, 0.3) is 0 Å². The predicted octanol–water partition coefficient (Wildman–Crippen LogP) is 2.77. The van der Waals surface area contributed by atoms with Crippen molar-refractivity contribution in [3.8, 4) is 0 Å². The molecule has 1 unspecified atom stereocenters. The molecular formula is C15H24N2. The molecule has 1 atom stereocenters. The Morgan fingerprint density at radius 2 is 1.88 bits per heavy atom. The van der Waals surface area contributed by atoms with E-state index in [1.54, 1.807) is 0 Å². The molecule has 1 heterocycles. The zero-order valence-corrected chi connectivity index (χ0v) is 11.5. The minimum absolute atomic E-state index is 0.626. The molecule has 0 bridgehead atoms. The summed E-state index contributed by atoms with van der Waals surface area (Å²) in [5.74, 6) is 0.705. The molecule has 0 spiro atoms. The quantitative estimate of drug-likeness (QED) is 0.858. The van der Waals surface area contributed by atoms with Gasteiger partial charge < -0.3 is 5.32 Å². The Morgan fingerprint density at radius 1 is 1.18 bits per heavy atom. The third kappa shape index (κ3) is 2.88. The molecule has 0 saturated carbocycles. The Labute approximate surface area is 105 Å². The standard InChI is InChI=1S/C15H24N2/c1-11(2)12(3)17(4)10-13-5-6-14-8-16-9-15(14)7-13/h5-7,11-12,16H,8-10H2,1-4H3. The molecule has 17 heavy (non-hydrogen) atoms. The van der Waals surface area contributed by atoms with Crippen LogP contribution < -0.4 is 5.32 Å². The first kappa shape index (κ1) is 12.6. The van der Waals surface area contributed by atoms with E-state index in [0.29, 0.717) is 12.0 Å². The van der Waals surface area contributed by atoms with Crippen LogP contribution in [0.25, 0.3) is 0 Å². The highest BCUT2D eigenvalue weighted by Crippen LogP contribution is 2.19. The molecule has 1 aromatic rings. The highest BCUT2D eigenvalue weighted by Gasteiger charge is 2.15. The van der Waals surface area contributed by atoms with E-state index in [1.165, 1.54) is 16.7 Å². The molecule has 1 aromatic carbocycles. The van der Waals surface area contributed by atoms with Crippen LogP contribution in [0.15, 0.2) is 18.2 Å². The Kier molecular flexibility index (Phi) is 3.85. The Morgan fingerprint density at radius 3 is 2.59 bits per heavy atom. The second-order valence-corrected chi connectivity index (χ2v) is 5.61. The van der Waals surface area contributed by atoms with E-state index < -0.39 is 0 Å². The molecule has 1 aliphatic rings. The number of fused-ring (bicyclic) bond motifs is 1. The number of hydrogen-bond donors (Lipinski definition) is 1. The van der Waals surface area contributed by atoms with Gasteiger partial charge in [0.2, 0.25) is 0 Å². The van der Waals surface area contributed by atoms with Crippen LogP contribution in [0.3, 0.4) is 0 Å². The second-order valence-electron chi connectivity index (χ2n) is 5.61. The van der Waals surface area contributed by atoms with Gasteiger partial charge in [-0.3, -0.25) is 4.90 Å². The van der Waals surface area contributed by atoms with Crippen LogP contribution in [-0.4, -0.2) is 18.0 Å². The van der Waals surface area contributed by atoms with Crippen LogP contribution in [0.2, 0.25) is 0 Å². The summed E-state index contributed by atoms with van der Waals surface area (Å²) in [7, 11) is 2.22. The zero-order valence-electron chi connectivity index (χ0n) is 11.5. The molecular weight excluding hydrogens is 208 g/mol. The summed E-state index contributed by atoms with van der Waals surface area (Å²) in [5, 5.41) is 3.40. The largest absolute Gasteiger partial charge is 0.309 e. The van der Waals surface area contributed by atoms with Crippen molar-refractivity contribution < 1.29 is 0 Å². The maximum atomic E-state index is 3.40. The van der Waals surface area contributed by atoms with Crippen molar-refractivity contribution in [2.24, 2.45) is 5.92 Å². The molecule has 2 rings (SSSR count).